The Morgan fingerprint density at radius 3 is 2.62 bits per heavy atom. The number of carbonyl (C=O) groups is 1. The summed E-state index contributed by atoms with van der Waals surface area (Å²) in [5.74, 6) is -0.0310. The molecule has 4 rings (SSSR count). The van der Waals surface area contributed by atoms with Crippen LogP contribution in [0.1, 0.15) is 36.6 Å². The van der Waals surface area contributed by atoms with Crippen molar-refractivity contribution < 1.29 is 17.9 Å². The highest BCUT2D eigenvalue weighted by Crippen LogP contribution is 2.34. The van der Waals surface area contributed by atoms with Gasteiger partial charge in [0, 0.05) is 44.3 Å². The summed E-state index contributed by atoms with van der Waals surface area (Å²) < 4.78 is 34.7. The maximum absolute atomic E-state index is 13.2. The Morgan fingerprint density at radius 2 is 1.94 bits per heavy atom. The minimum atomic E-state index is -3.70. The summed E-state index contributed by atoms with van der Waals surface area (Å²) in [5, 5.41) is 0. The molecule has 0 bridgehead atoms. The van der Waals surface area contributed by atoms with Gasteiger partial charge in [-0.15, -0.1) is 0 Å². The van der Waals surface area contributed by atoms with Crippen LogP contribution in [0, 0.1) is 6.92 Å². The minimum Gasteiger partial charge on any atom is -0.379 e. The molecule has 7 nitrogen and oxygen atoms in total. The lowest BCUT2D eigenvalue weighted by Crippen LogP contribution is -2.43. The summed E-state index contributed by atoms with van der Waals surface area (Å²) >= 11 is 0. The highest BCUT2D eigenvalue weighted by atomic mass is 32.2. The second-order valence-corrected chi connectivity index (χ2v) is 10.4. The van der Waals surface area contributed by atoms with Gasteiger partial charge in [0.25, 0.3) is 0 Å². The van der Waals surface area contributed by atoms with E-state index in [0.29, 0.717) is 19.6 Å². The fourth-order valence-corrected chi connectivity index (χ4v) is 5.84. The molecule has 8 heteroatoms. The van der Waals surface area contributed by atoms with E-state index >= 15 is 0 Å². The number of rotatable bonds is 6. The number of sulfonamides is 1. The van der Waals surface area contributed by atoms with Crippen LogP contribution in [0.25, 0.3) is 0 Å². The van der Waals surface area contributed by atoms with Crippen LogP contribution in [0.3, 0.4) is 0 Å². The monoisotopic (exact) mass is 457 g/mol. The summed E-state index contributed by atoms with van der Waals surface area (Å²) in [7, 11) is -3.70. The Kier molecular flexibility index (Phi) is 6.67. The first-order chi connectivity index (χ1) is 15.3. The maximum Gasteiger partial charge on any atom is 0.240 e. The number of aryl methyl sites for hydroxylation is 1. The van der Waals surface area contributed by atoms with E-state index in [2.05, 4.69) is 21.8 Å². The zero-order chi connectivity index (χ0) is 22.9. The number of nitrogens with zero attached hydrogens (tertiary/aromatic N) is 2. The molecule has 0 aromatic heterocycles. The molecule has 1 fully saturated rings. The number of amides is 1. The lowest BCUT2D eigenvalue weighted by atomic mass is 10.0. The Hall–Kier alpha value is -2.26. The molecule has 0 saturated carbocycles. The Morgan fingerprint density at radius 1 is 1.19 bits per heavy atom. The first kappa shape index (κ1) is 22.9. The van der Waals surface area contributed by atoms with Crippen LogP contribution in [-0.4, -0.2) is 58.1 Å². The number of benzene rings is 2. The van der Waals surface area contributed by atoms with Crippen molar-refractivity contribution in [2.24, 2.45) is 0 Å². The van der Waals surface area contributed by atoms with Gasteiger partial charge in [-0.3, -0.25) is 9.69 Å². The molecular formula is C24H31N3O4S. The predicted molar refractivity (Wildman–Crippen MR) is 124 cm³/mol. The second-order valence-electron chi connectivity index (χ2n) is 8.66. The molecular weight excluding hydrogens is 426 g/mol. The van der Waals surface area contributed by atoms with Gasteiger partial charge in [-0.2, -0.15) is 0 Å². The Labute approximate surface area is 190 Å². The first-order valence-corrected chi connectivity index (χ1v) is 12.6. The number of carbonyl (C=O) groups excluding carboxylic acids is 1. The van der Waals surface area contributed by atoms with Gasteiger partial charge in [-0.1, -0.05) is 29.8 Å². The van der Waals surface area contributed by atoms with E-state index in [1.807, 2.05) is 26.0 Å². The van der Waals surface area contributed by atoms with Crippen LogP contribution in [-0.2, 0) is 26.0 Å². The summed E-state index contributed by atoms with van der Waals surface area (Å²) in [4.78, 5) is 16.2. The second kappa shape index (κ2) is 9.31. The summed E-state index contributed by atoms with van der Waals surface area (Å²) in [6.45, 7) is 8.64. The molecule has 172 valence electrons. The van der Waals surface area contributed by atoms with Gasteiger partial charge in [-0.05, 0) is 49.6 Å². The molecule has 0 unspecified atom stereocenters. The van der Waals surface area contributed by atoms with Crippen LogP contribution in [0.4, 0.5) is 5.69 Å². The van der Waals surface area contributed by atoms with Crippen molar-refractivity contribution in [1.29, 1.82) is 0 Å². The first-order valence-electron chi connectivity index (χ1n) is 11.1. The van der Waals surface area contributed by atoms with E-state index in [4.69, 9.17) is 4.74 Å². The lowest BCUT2D eigenvalue weighted by molar-refractivity contribution is -0.116. The topological polar surface area (TPSA) is 79.0 Å². The molecule has 2 aromatic carbocycles. The average molecular weight is 458 g/mol. The molecule has 0 radical (unpaired) electrons. The SMILES string of the molecule is CC(=O)N1c2ccc(S(=O)(=O)NC[C@@H](c3cccc(C)c3)N3CCOCC3)cc2C[C@@H]1C. The Bertz CT molecular complexity index is 1100. The van der Waals surface area contributed by atoms with Gasteiger partial charge in [0.2, 0.25) is 15.9 Å². The third-order valence-corrected chi connectivity index (χ3v) is 7.72. The normalized spacial score (nSPS) is 20.2. The number of hydrogen-bond acceptors (Lipinski definition) is 5. The predicted octanol–water partition coefficient (Wildman–Crippen LogP) is 2.64. The zero-order valence-corrected chi connectivity index (χ0v) is 19.7. The molecule has 2 heterocycles. The molecule has 2 aliphatic rings. The van der Waals surface area contributed by atoms with Crippen molar-refractivity contribution in [2.75, 3.05) is 37.7 Å². The highest BCUT2D eigenvalue weighted by Gasteiger charge is 2.31. The van der Waals surface area contributed by atoms with E-state index in [0.717, 1.165) is 35.5 Å². The summed E-state index contributed by atoms with van der Waals surface area (Å²) in [6.07, 6.45) is 0.651. The van der Waals surface area contributed by atoms with Crippen LogP contribution in [0.2, 0.25) is 0 Å². The minimum absolute atomic E-state index is 0.0282. The Balaban J connectivity index is 1.55. The summed E-state index contributed by atoms with van der Waals surface area (Å²) in [6, 6.07) is 13.2. The van der Waals surface area contributed by atoms with Gasteiger partial charge in [0.1, 0.15) is 0 Å². The fourth-order valence-electron chi connectivity index (χ4n) is 4.75. The third kappa shape index (κ3) is 4.73. The van der Waals surface area contributed by atoms with Crippen molar-refractivity contribution in [3.8, 4) is 0 Å². The number of ether oxygens (including phenoxy) is 1. The molecule has 0 spiro atoms. The number of hydrogen-bond donors (Lipinski definition) is 1. The van der Waals surface area contributed by atoms with Crippen LogP contribution in [0.15, 0.2) is 47.4 Å². The average Bonchev–Trinajstić information content (AvgIpc) is 3.10. The molecule has 1 N–H and O–H groups in total. The van der Waals surface area contributed by atoms with Gasteiger partial charge in [-0.25, -0.2) is 13.1 Å². The molecule has 1 amide bonds. The van der Waals surface area contributed by atoms with Crippen molar-refractivity contribution in [1.82, 2.24) is 9.62 Å². The van der Waals surface area contributed by atoms with E-state index in [1.54, 1.807) is 23.1 Å². The third-order valence-electron chi connectivity index (χ3n) is 6.30. The molecule has 32 heavy (non-hydrogen) atoms. The number of morpholine rings is 1. The largest absolute Gasteiger partial charge is 0.379 e. The highest BCUT2D eigenvalue weighted by molar-refractivity contribution is 7.89. The molecule has 1 saturated heterocycles. The standard InChI is InChI=1S/C24H31N3O4S/c1-17-5-4-6-20(13-17)24(26-9-11-31-12-10-26)16-25-32(29,30)22-7-8-23-21(15-22)14-18(2)27(23)19(3)28/h4-8,13,15,18,24-25H,9-12,14,16H2,1-3H3/t18-,24-/m0/s1. The lowest BCUT2D eigenvalue weighted by Gasteiger charge is -2.35. The van der Waals surface area contributed by atoms with Crippen LogP contribution >= 0.6 is 0 Å². The fraction of sp³-hybridized carbons (Fsp3) is 0.458. The van der Waals surface area contributed by atoms with E-state index in [9.17, 15) is 13.2 Å². The van der Waals surface area contributed by atoms with Crippen molar-refractivity contribution >= 4 is 21.6 Å². The molecule has 2 atom stereocenters. The zero-order valence-electron chi connectivity index (χ0n) is 18.9. The van der Waals surface area contributed by atoms with Gasteiger partial charge in [0.15, 0.2) is 0 Å². The number of fused-ring (bicyclic) bond motifs is 1. The quantitative estimate of drug-likeness (QED) is 0.722. The van der Waals surface area contributed by atoms with Crippen LogP contribution < -0.4 is 9.62 Å². The molecule has 2 aromatic rings. The maximum atomic E-state index is 13.2. The number of nitrogens with one attached hydrogen (secondary N) is 1. The van der Waals surface area contributed by atoms with Crippen molar-refractivity contribution in [3.63, 3.8) is 0 Å². The molecule has 2 aliphatic heterocycles. The smallest absolute Gasteiger partial charge is 0.240 e. The summed E-state index contributed by atoms with van der Waals surface area (Å²) in [5.41, 5.74) is 3.93. The van der Waals surface area contributed by atoms with Gasteiger partial charge in [0.05, 0.1) is 18.1 Å². The van der Waals surface area contributed by atoms with E-state index < -0.39 is 10.0 Å². The van der Waals surface area contributed by atoms with Crippen molar-refractivity contribution in [2.45, 2.75) is 44.2 Å². The van der Waals surface area contributed by atoms with Crippen LogP contribution in [0.5, 0.6) is 0 Å². The number of anilines is 1. The van der Waals surface area contributed by atoms with Crippen molar-refractivity contribution in [3.05, 3.63) is 59.2 Å². The molecule has 0 aliphatic carbocycles. The van der Waals surface area contributed by atoms with Gasteiger partial charge < -0.3 is 9.64 Å². The van der Waals surface area contributed by atoms with E-state index in [-0.39, 0.29) is 29.4 Å². The van der Waals surface area contributed by atoms with Gasteiger partial charge >= 0.3 is 0 Å². The van der Waals surface area contributed by atoms with E-state index in [1.165, 1.54) is 6.92 Å².